The van der Waals surface area contributed by atoms with E-state index in [9.17, 15) is 0 Å². The summed E-state index contributed by atoms with van der Waals surface area (Å²) < 4.78 is 5.15. The van der Waals surface area contributed by atoms with Crippen LogP contribution in [0.25, 0.3) is 0 Å². The van der Waals surface area contributed by atoms with Gasteiger partial charge in [0.05, 0.1) is 6.10 Å². The van der Waals surface area contributed by atoms with E-state index in [4.69, 9.17) is 9.84 Å². The van der Waals surface area contributed by atoms with Gasteiger partial charge in [0.25, 0.3) is 0 Å². The zero-order chi connectivity index (χ0) is 8.97. The lowest BCUT2D eigenvalue weighted by atomic mass is 10.4. The number of hydrogen-bond donors (Lipinski definition) is 1. The first-order valence-electron chi connectivity index (χ1n) is 3.78. The van der Waals surface area contributed by atoms with Crippen LogP contribution in [0.4, 0.5) is 0 Å². The van der Waals surface area contributed by atoms with Crippen LogP contribution in [0.2, 0.25) is 0 Å². The Bertz CT molecular complexity index is 251. The van der Waals surface area contributed by atoms with Crippen molar-refractivity contribution in [2.75, 3.05) is 6.61 Å². The quantitative estimate of drug-likeness (QED) is 0.715. The summed E-state index contributed by atoms with van der Waals surface area (Å²) in [6, 6.07) is 1.72. The highest BCUT2D eigenvalue weighted by molar-refractivity contribution is 5.11. The Hall–Kier alpha value is -1.16. The molecule has 12 heavy (non-hydrogen) atoms. The normalized spacial score (nSPS) is 12.6. The number of rotatable bonds is 3. The third kappa shape index (κ3) is 2.84. The molecule has 0 saturated heterocycles. The van der Waals surface area contributed by atoms with Gasteiger partial charge < -0.3 is 9.84 Å². The van der Waals surface area contributed by atoms with E-state index in [2.05, 4.69) is 9.97 Å². The smallest absolute Gasteiger partial charge is 0.216 e. The number of ether oxygens (including phenoxy) is 1. The van der Waals surface area contributed by atoms with Gasteiger partial charge in [-0.2, -0.15) is 0 Å². The second kappa shape index (κ2) is 4.01. The molecule has 4 heteroatoms. The molecule has 0 spiro atoms. The van der Waals surface area contributed by atoms with Crippen LogP contribution in [0.3, 0.4) is 0 Å². The topological polar surface area (TPSA) is 55.2 Å². The maximum atomic E-state index is 8.91. The van der Waals surface area contributed by atoms with Crippen LogP contribution in [-0.4, -0.2) is 27.8 Å². The van der Waals surface area contributed by atoms with Gasteiger partial charge in [-0.25, -0.2) is 9.97 Å². The van der Waals surface area contributed by atoms with Crippen LogP contribution in [0.5, 0.6) is 5.88 Å². The van der Waals surface area contributed by atoms with Crippen molar-refractivity contribution in [1.82, 2.24) is 9.97 Å². The second-order valence-corrected chi connectivity index (χ2v) is 2.66. The molecule has 66 valence electrons. The van der Waals surface area contributed by atoms with Gasteiger partial charge in [0.1, 0.15) is 12.9 Å². The lowest BCUT2D eigenvalue weighted by Crippen LogP contribution is -2.13. The Labute approximate surface area is 71.2 Å². The lowest BCUT2D eigenvalue weighted by Gasteiger charge is -2.06. The first-order valence-corrected chi connectivity index (χ1v) is 3.78. The first kappa shape index (κ1) is 8.93. The van der Waals surface area contributed by atoms with E-state index in [-0.39, 0.29) is 6.61 Å². The van der Waals surface area contributed by atoms with Crippen molar-refractivity contribution in [3.8, 4) is 5.88 Å². The Morgan fingerprint density at radius 1 is 1.58 bits per heavy atom. The van der Waals surface area contributed by atoms with E-state index >= 15 is 0 Å². The number of aliphatic hydroxyl groups excluding tert-OH is 1. The number of nitrogens with zero attached hydrogens (tertiary/aromatic N) is 2. The Balaban J connectivity index is 2.52. The van der Waals surface area contributed by atoms with Crippen LogP contribution in [0.1, 0.15) is 12.6 Å². The molecule has 0 aliphatic heterocycles. The van der Waals surface area contributed by atoms with Gasteiger partial charge >= 0.3 is 0 Å². The van der Waals surface area contributed by atoms with E-state index < -0.39 is 6.10 Å². The predicted octanol–water partition coefficient (Wildman–Crippen LogP) is 0.545. The highest BCUT2D eigenvalue weighted by Gasteiger charge is 1.98. The summed E-state index contributed by atoms with van der Waals surface area (Å²) >= 11 is 0. The third-order valence-corrected chi connectivity index (χ3v) is 1.25. The SMILES string of the molecule is Cc1cc(OCC(C)O)ncn1. The van der Waals surface area contributed by atoms with Crippen molar-refractivity contribution in [1.29, 1.82) is 0 Å². The molecule has 0 fully saturated rings. The molecule has 4 nitrogen and oxygen atoms in total. The van der Waals surface area contributed by atoms with Gasteiger partial charge in [0.2, 0.25) is 5.88 Å². The average Bonchev–Trinajstić information content (AvgIpc) is 2.01. The molecule has 0 radical (unpaired) electrons. The van der Waals surface area contributed by atoms with Gasteiger partial charge in [-0.3, -0.25) is 0 Å². The second-order valence-electron chi connectivity index (χ2n) is 2.66. The third-order valence-electron chi connectivity index (χ3n) is 1.25. The molecule has 0 bridgehead atoms. The van der Waals surface area contributed by atoms with E-state index in [1.165, 1.54) is 6.33 Å². The number of aliphatic hydroxyl groups is 1. The van der Waals surface area contributed by atoms with Crippen molar-refractivity contribution in [2.45, 2.75) is 20.0 Å². The minimum absolute atomic E-state index is 0.260. The zero-order valence-electron chi connectivity index (χ0n) is 7.19. The minimum atomic E-state index is -0.472. The summed E-state index contributed by atoms with van der Waals surface area (Å²) in [5, 5.41) is 8.91. The van der Waals surface area contributed by atoms with Crippen LogP contribution in [0, 0.1) is 6.92 Å². The molecule has 1 heterocycles. The molecular weight excluding hydrogens is 156 g/mol. The highest BCUT2D eigenvalue weighted by atomic mass is 16.5. The van der Waals surface area contributed by atoms with Crippen molar-refractivity contribution in [2.24, 2.45) is 0 Å². The number of aryl methyl sites for hydroxylation is 1. The van der Waals surface area contributed by atoms with Gasteiger partial charge in [0, 0.05) is 11.8 Å². The van der Waals surface area contributed by atoms with Crippen LogP contribution in [0.15, 0.2) is 12.4 Å². The van der Waals surface area contributed by atoms with Crippen molar-refractivity contribution < 1.29 is 9.84 Å². The van der Waals surface area contributed by atoms with E-state index in [1.54, 1.807) is 13.0 Å². The molecule has 1 aromatic heterocycles. The fourth-order valence-corrected chi connectivity index (χ4v) is 0.715. The molecule has 0 aromatic carbocycles. The number of aromatic nitrogens is 2. The van der Waals surface area contributed by atoms with Gasteiger partial charge in [-0.15, -0.1) is 0 Å². The molecule has 1 aromatic rings. The van der Waals surface area contributed by atoms with Crippen molar-refractivity contribution >= 4 is 0 Å². The van der Waals surface area contributed by atoms with E-state index in [0.717, 1.165) is 5.69 Å². The lowest BCUT2D eigenvalue weighted by molar-refractivity contribution is 0.120. The van der Waals surface area contributed by atoms with Gasteiger partial charge in [-0.1, -0.05) is 0 Å². The Kier molecular flexibility index (Phi) is 2.99. The standard InChI is InChI=1S/C8H12N2O2/c1-6-3-8(10-5-9-6)12-4-7(2)11/h3,5,7,11H,4H2,1-2H3. The summed E-state index contributed by atoms with van der Waals surface area (Å²) in [6.45, 7) is 3.78. The maximum absolute atomic E-state index is 8.91. The Morgan fingerprint density at radius 2 is 2.33 bits per heavy atom. The predicted molar refractivity (Wildman–Crippen MR) is 43.9 cm³/mol. The van der Waals surface area contributed by atoms with E-state index in [0.29, 0.717) is 5.88 Å². The first-order chi connectivity index (χ1) is 5.68. The monoisotopic (exact) mass is 168 g/mol. The largest absolute Gasteiger partial charge is 0.475 e. The van der Waals surface area contributed by atoms with Gasteiger partial charge in [-0.05, 0) is 13.8 Å². The molecule has 1 unspecified atom stereocenters. The summed E-state index contributed by atoms with van der Waals surface area (Å²) in [5.74, 6) is 0.503. The number of hydrogen-bond acceptors (Lipinski definition) is 4. The van der Waals surface area contributed by atoms with Crippen LogP contribution < -0.4 is 4.74 Å². The minimum Gasteiger partial charge on any atom is -0.475 e. The summed E-state index contributed by atoms with van der Waals surface area (Å²) in [6.07, 6.45) is 0.965. The summed E-state index contributed by atoms with van der Waals surface area (Å²) in [7, 11) is 0. The van der Waals surface area contributed by atoms with E-state index in [1.807, 2.05) is 6.92 Å². The molecule has 0 aliphatic rings. The summed E-state index contributed by atoms with van der Waals surface area (Å²) in [5.41, 5.74) is 0.852. The van der Waals surface area contributed by atoms with Crippen molar-refractivity contribution in [3.05, 3.63) is 18.1 Å². The Morgan fingerprint density at radius 3 is 2.92 bits per heavy atom. The molecular formula is C8H12N2O2. The van der Waals surface area contributed by atoms with Crippen LogP contribution in [-0.2, 0) is 0 Å². The fourth-order valence-electron chi connectivity index (χ4n) is 0.715. The zero-order valence-corrected chi connectivity index (χ0v) is 7.19. The maximum Gasteiger partial charge on any atom is 0.216 e. The molecule has 0 amide bonds. The van der Waals surface area contributed by atoms with Crippen molar-refractivity contribution in [3.63, 3.8) is 0 Å². The average molecular weight is 168 g/mol. The van der Waals surface area contributed by atoms with Gasteiger partial charge in [0.15, 0.2) is 0 Å². The summed E-state index contributed by atoms with van der Waals surface area (Å²) in [4.78, 5) is 7.78. The fraction of sp³-hybridized carbons (Fsp3) is 0.500. The molecule has 1 rings (SSSR count). The highest BCUT2D eigenvalue weighted by Crippen LogP contribution is 2.05. The molecule has 0 saturated carbocycles. The molecule has 1 atom stereocenters. The van der Waals surface area contributed by atoms with Crippen LogP contribution >= 0.6 is 0 Å². The molecule has 0 aliphatic carbocycles. The molecule has 1 N–H and O–H groups in total.